The van der Waals surface area contributed by atoms with Gasteiger partial charge in [0.2, 0.25) is 0 Å². The summed E-state index contributed by atoms with van der Waals surface area (Å²) in [5.74, 6) is -1.48. The first kappa shape index (κ1) is 24.9. The van der Waals surface area contributed by atoms with Crippen molar-refractivity contribution in [2.24, 2.45) is 0 Å². The van der Waals surface area contributed by atoms with Crippen LogP contribution in [-0.2, 0) is 13.0 Å². The van der Waals surface area contributed by atoms with Crippen molar-refractivity contribution in [2.45, 2.75) is 33.7 Å². The van der Waals surface area contributed by atoms with Crippen molar-refractivity contribution in [3.05, 3.63) is 82.4 Å². The average Bonchev–Trinajstić information content (AvgIpc) is 3.11. The molecule has 0 spiro atoms. The zero-order valence-electron chi connectivity index (χ0n) is 20.7. The molecule has 186 valence electrons. The Kier molecular flexibility index (Phi) is 7.80. The van der Waals surface area contributed by atoms with Gasteiger partial charge in [-0.2, -0.15) is 0 Å². The normalized spacial score (nSPS) is 14.4. The number of anilines is 1. The first-order valence-corrected chi connectivity index (χ1v) is 12.2. The highest BCUT2D eigenvalue weighted by atomic mass is 19.1. The molecule has 0 radical (unpaired) electrons. The van der Waals surface area contributed by atoms with Crippen molar-refractivity contribution in [3.63, 3.8) is 0 Å². The molecule has 0 atom stereocenters. The molecular weight excluding hydrogens is 448 g/mol. The van der Waals surface area contributed by atoms with Crippen LogP contribution in [0.4, 0.5) is 14.5 Å². The number of carbonyl (C=O) groups is 1. The Morgan fingerprint density at radius 2 is 1.74 bits per heavy atom. The fourth-order valence-corrected chi connectivity index (χ4v) is 4.90. The Balaban J connectivity index is 1.65. The molecule has 1 aliphatic heterocycles. The van der Waals surface area contributed by atoms with Crippen molar-refractivity contribution in [1.29, 1.82) is 0 Å². The lowest BCUT2D eigenvalue weighted by atomic mass is 10.1. The van der Waals surface area contributed by atoms with Gasteiger partial charge in [0.1, 0.15) is 17.3 Å². The van der Waals surface area contributed by atoms with Crippen molar-refractivity contribution in [1.82, 2.24) is 19.8 Å². The van der Waals surface area contributed by atoms with Crippen molar-refractivity contribution < 1.29 is 13.6 Å². The zero-order chi connectivity index (χ0) is 24.9. The molecule has 4 rings (SSSR count). The molecule has 1 saturated heterocycles. The Morgan fingerprint density at radius 1 is 1.03 bits per heavy atom. The molecule has 2 aromatic heterocycles. The number of pyridine rings is 1. The highest BCUT2D eigenvalue weighted by Crippen LogP contribution is 2.33. The molecule has 0 saturated carbocycles. The van der Waals surface area contributed by atoms with Crippen LogP contribution in [0.2, 0.25) is 0 Å². The van der Waals surface area contributed by atoms with E-state index < -0.39 is 11.6 Å². The topological polar surface area (TPSA) is 53.4 Å². The fourth-order valence-electron chi connectivity index (χ4n) is 4.90. The van der Waals surface area contributed by atoms with E-state index in [1.165, 1.54) is 18.2 Å². The summed E-state index contributed by atoms with van der Waals surface area (Å²) in [7, 11) is 0. The van der Waals surface area contributed by atoms with Crippen molar-refractivity contribution >= 4 is 11.6 Å². The van der Waals surface area contributed by atoms with Gasteiger partial charge in [-0.15, -0.1) is 0 Å². The molecule has 3 heterocycles. The number of piperazine rings is 1. The molecule has 1 N–H and O–H groups in total. The molecule has 6 nitrogen and oxygen atoms in total. The van der Waals surface area contributed by atoms with Crippen LogP contribution >= 0.6 is 0 Å². The monoisotopic (exact) mass is 481 g/mol. The number of carbonyl (C=O) groups excluding carboxylic acids is 1. The molecule has 0 aliphatic carbocycles. The zero-order valence-corrected chi connectivity index (χ0v) is 20.7. The van der Waals surface area contributed by atoms with Crippen LogP contribution in [0.25, 0.3) is 0 Å². The smallest absolute Gasteiger partial charge is 0.268 e. The van der Waals surface area contributed by atoms with E-state index in [9.17, 15) is 13.6 Å². The second-order valence-electron chi connectivity index (χ2n) is 8.94. The van der Waals surface area contributed by atoms with Crippen LogP contribution in [0, 0.1) is 25.5 Å². The summed E-state index contributed by atoms with van der Waals surface area (Å²) in [5.41, 5.74) is 3.94. The maximum absolute atomic E-state index is 14.6. The molecule has 1 fully saturated rings. The molecule has 0 unspecified atom stereocenters. The lowest BCUT2D eigenvalue weighted by Gasteiger charge is -2.36. The number of rotatable bonds is 8. The summed E-state index contributed by atoms with van der Waals surface area (Å²) in [6.07, 6.45) is 2.32. The van der Waals surface area contributed by atoms with E-state index in [1.807, 2.05) is 32.0 Å². The minimum Gasteiger partial charge on any atom is -0.367 e. The standard InChI is InChI=1S/C27H33F2N5O/c1-4-32-14-16-33(17-15-32)25-19(2)26(27(35)31-13-11-21-8-5-6-12-30-21)34(20(25)3)18-22-23(28)9-7-10-24(22)29/h5-10,12H,4,11,13-18H2,1-3H3,(H,31,35). The maximum Gasteiger partial charge on any atom is 0.268 e. The predicted octanol–water partition coefficient (Wildman–Crippen LogP) is 3.94. The molecule has 3 aromatic rings. The number of hydrogen-bond donors (Lipinski definition) is 1. The summed E-state index contributed by atoms with van der Waals surface area (Å²) in [4.78, 5) is 22.4. The van der Waals surface area contributed by atoms with Gasteiger partial charge in [0.25, 0.3) is 5.91 Å². The number of likely N-dealkylation sites (N-methyl/N-ethyl adjacent to an activating group) is 1. The lowest BCUT2D eigenvalue weighted by molar-refractivity contribution is 0.0944. The second kappa shape index (κ2) is 11.0. The van der Waals surface area contributed by atoms with Crippen molar-refractivity contribution in [2.75, 3.05) is 44.2 Å². The molecule has 8 heteroatoms. The van der Waals surface area contributed by atoms with Gasteiger partial charge in [0.15, 0.2) is 0 Å². The summed E-state index contributed by atoms with van der Waals surface area (Å²) >= 11 is 0. The van der Waals surface area contributed by atoms with Crippen LogP contribution in [0.5, 0.6) is 0 Å². The van der Waals surface area contributed by atoms with Gasteiger partial charge in [0.05, 0.1) is 12.2 Å². The number of benzene rings is 1. The van der Waals surface area contributed by atoms with E-state index in [0.717, 1.165) is 55.4 Å². The first-order chi connectivity index (χ1) is 16.9. The Hall–Kier alpha value is -3.26. The SMILES string of the molecule is CCN1CCN(c2c(C)c(C(=O)NCCc3ccccn3)n(Cc3c(F)cccc3F)c2C)CC1. The largest absolute Gasteiger partial charge is 0.367 e. The van der Waals surface area contributed by atoms with E-state index in [1.54, 1.807) is 10.8 Å². The highest BCUT2D eigenvalue weighted by molar-refractivity contribution is 5.96. The summed E-state index contributed by atoms with van der Waals surface area (Å²) < 4.78 is 30.9. The van der Waals surface area contributed by atoms with Crippen LogP contribution < -0.4 is 10.2 Å². The van der Waals surface area contributed by atoms with Gasteiger partial charge in [0, 0.05) is 67.9 Å². The van der Waals surface area contributed by atoms with Crippen molar-refractivity contribution in [3.8, 4) is 0 Å². The summed E-state index contributed by atoms with van der Waals surface area (Å²) in [5, 5.41) is 2.99. The Morgan fingerprint density at radius 3 is 2.37 bits per heavy atom. The van der Waals surface area contributed by atoms with Gasteiger partial charge < -0.3 is 19.7 Å². The molecule has 35 heavy (non-hydrogen) atoms. The summed E-state index contributed by atoms with van der Waals surface area (Å²) in [6, 6.07) is 9.54. The first-order valence-electron chi connectivity index (χ1n) is 12.2. The highest BCUT2D eigenvalue weighted by Gasteiger charge is 2.28. The molecular formula is C27H33F2N5O. The van der Waals surface area contributed by atoms with Crippen LogP contribution in [-0.4, -0.2) is 59.6 Å². The van der Waals surface area contributed by atoms with Crippen LogP contribution in [0.3, 0.4) is 0 Å². The van der Waals surface area contributed by atoms with Gasteiger partial charge >= 0.3 is 0 Å². The molecule has 1 aromatic carbocycles. The number of amides is 1. The predicted molar refractivity (Wildman–Crippen MR) is 134 cm³/mol. The third kappa shape index (κ3) is 5.37. The average molecular weight is 482 g/mol. The third-order valence-electron chi connectivity index (χ3n) is 6.85. The van der Waals surface area contributed by atoms with E-state index in [0.29, 0.717) is 18.7 Å². The van der Waals surface area contributed by atoms with Gasteiger partial charge in [-0.1, -0.05) is 19.1 Å². The molecule has 0 bridgehead atoms. The van der Waals surface area contributed by atoms with E-state index in [2.05, 4.69) is 27.0 Å². The number of hydrogen-bond acceptors (Lipinski definition) is 4. The second-order valence-corrected chi connectivity index (χ2v) is 8.94. The van der Waals surface area contributed by atoms with Gasteiger partial charge in [-0.25, -0.2) is 8.78 Å². The number of aromatic nitrogens is 2. The van der Waals surface area contributed by atoms with E-state index in [-0.39, 0.29) is 18.0 Å². The quantitative estimate of drug-likeness (QED) is 0.530. The lowest BCUT2D eigenvalue weighted by Crippen LogP contribution is -2.46. The molecule has 1 aliphatic rings. The van der Waals surface area contributed by atoms with Gasteiger partial charge in [-0.3, -0.25) is 9.78 Å². The van der Waals surface area contributed by atoms with Crippen LogP contribution in [0.15, 0.2) is 42.6 Å². The minimum atomic E-state index is -0.615. The van der Waals surface area contributed by atoms with E-state index >= 15 is 0 Å². The van der Waals surface area contributed by atoms with Gasteiger partial charge in [-0.05, 0) is 44.7 Å². The fraction of sp³-hybridized carbons (Fsp3) is 0.407. The molecule has 1 amide bonds. The number of nitrogens with one attached hydrogen (secondary N) is 1. The maximum atomic E-state index is 14.6. The van der Waals surface area contributed by atoms with Crippen LogP contribution in [0.1, 0.15) is 39.9 Å². The van der Waals surface area contributed by atoms with E-state index in [4.69, 9.17) is 0 Å². The number of halogens is 2. The Labute approximate surface area is 205 Å². The summed E-state index contributed by atoms with van der Waals surface area (Å²) in [6.45, 7) is 10.9. The Bertz CT molecular complexity index is 1150. The third-order valence-corrected chi connectivity index (χ3v) is 6.85. The minimum absolute atomic E-state index is 0.0458. The number of nitrogens with zero attached hydrogens (tertiary/aromatic N) is 4.